The summed E-state index contributed by atoms with van der Waals surface area (Å²) in [5.74, 6) is 0. The Labute approximate surface area is 141 Å². The van der Waals surface area contributed by atoms with Crippen molar-refractivity contribution in [3.8, 4) is 0 Å². The van der Waals surface area contributed by atoms with E-state index >= 15 is 0 Å². The minimum atomic E-state index is -0.869. The number of aliphatic hydroxyl groups is 1. The van der Waals surface area contributed by atoms with Crippen LogP contribution in [0.5, 0.6) is 0 Å². The Morgan fingerprint density at radius 1 is 1.09 bits per heavy atom. The minimum Gasteiger partial charge on any atom is -0.384 e. The van der Waals surface area contributed by atoms with E-state index in [1.807, 2.05) is 37.3 Å². The SMILES string of the molecule is CC(O)(CNCc1cccn1Cc1cccs1)c1ccccc1. The predicted molar refractivity (Wildman–Crippen MR) is 95.6 cm³/mol. The average molecular weight is 326 g/mol. The van der Waals surface area contributed by atoms with Crippen molar-refractivity contribution in [2.75, 3.05) is 6.54 Å². The highest BCUT2D eigenvalue weighted by atomic mass is 32.1. The Hall–Kier alpha value is -1.88. The number of nitrogens with zero attached hydrogens (tertiary/aromatic N) is 1. The molecule has 1 unspecified atom stereocenters. The molecule has 3 nitrogen and oxygen atoms in total. The minimum absolute atomic E-state index is 0.515. The van der Waals surface area contributed by atoms with Crippen LogP contribution in [0.3, 0.4) is 0 Å². The number of hydrogen-bond donors (Lipinski definition) is 2. The van der Waals surface area contributed by atoms with Crippen molar-refractivity contribution in [2.45, 2.75) is 25.6 Å². The molecule has 0 saturated carbocycles. The van der Waals surface area contributed by atoms with Crippen LogP contribution in [0.2, 0.25) is 0 Å². The van der Waals surface area contributed by atoms with Gasteiger partial charge in [-0.3, -0.25) is 0 Å². The first kappa shape index (κ1) is 16.0. The number of aromatic nitrogens is 1. The van der Waals surface area contributed by atoms with Gasteiger partial charge in [-0.1, -0.05) is 36.4 Å². The molecular formula is C19H22N2OS. The molecular weight excluding hydrogens is 304 g/mol. The van der Waals surface area contributed by atoms with Crippen molar-refractivity contribution in [1.82, 2.24) is 9.88 Å². The van der Waals surface area contributed by atoms with Crippen LogP contribution in [0.25, 0.3) is 0 Å². The first-order valence-electron chi connectivity index (χ1n) is 7.80. The van der Waals surface area contributed by atoms with Gasteiger partial charge in [0.25, 0.3) is 0 Å². The lowest BCUT2D eigenvalue weighted by Gasteiger charge is -2.24. The zero-order valence-corrected chi connectivity index (χ0v) is 14.1. The molecule has 0 fully saturated rings. The zero-order chi connectivity index (χ0) is 16.1. The summed E-state index contributed by atoms with van der Waals surface area (Å²) in [5.41, 5.74) is 1.29. The maximum absolute atomic E-state index is 10.6. The third-order valence-corrected chi connectivity index (χ3v) is 4.86. The fourth-order valence-electron chi connectivity index (χ4n) is 2.67. The van der Waals surface area contributed by atoms with Crippen molar-refractivity contribution in [3.63, 3.8) is 0 Å². The number of hydrogen-bond acceptors (Lipinski definition) is 3. The highest BCUT2D eigenvalue weighted by Gasteiger charge is 2.22. The summed E-state index contributed by atoms with van der Waals surface area (Å²) in [5, 5.41) is 16.1. The molecule has 1 aromatic carbocycles. The second-order valence-electron chi connectivity index (χ2n) is 5.95. The Kier molecular flexibility index (Phi) is 4.96. The van der Waals surface area contributed by atoms with Gasteiger partial charge in [-0.15, -0.1) is 11.3 Å². The summed E-state index contributed by atoms with van der Waals surface area (Å²) in [6, 6.07) is 18.2. The topological polar surface area (TPSA) is 37.2 Å². The zero-order valence-electron chi connectivity index (χ0n) is 13.3. The van der Waals surface area contributed by atoms with Gasteiger partial charge in [0, 0.05) is 29.9 Å². The van der Waals surface area contributed by atoms with E-state index in [2.05, 4.69) is 45.7 Å². The Morgan fingerprint density at radius 2 is 1.91 bits per heavy atom. The summed E-state index contributed by atoms with van der Waals surface area (Å²) < 4.78 is 2.25. The van der Waals surface area contributed by atoms with Gasteiger partial charge < -0.3 is 15.0 Å². The highest BCUT2D eigenvalue weighted by Crippen LogP contribution is 2.19. The number of nitrogens with one attached hydrogen (secondary N) is 1. The second-order valence-corrected chi connectivity index (χ2v) is 6.98. The van der Waals surface area contributed by atoms with E-state index in [0.717, 1.165) is 18.7 Å². The van der Waals surface area contributed by atoms with Crippen molar-refractivity contribution in [2.24, 2.45) is 0 Å². The van der Waals surface area contributed by atoms with Crippen LogP contribution < -0.4 is 5.32 Å². The van der Waals surface area contributed by atoms with Crippen LogP contribution in [0, 0.1) is 0 Å². The quantitative estimate of drug-likeness (QED) is 0.696. The van der Waals surface area contributed by atoms with Crippen molar-refractivity contribution >= 4 is 11.3 Å². The summed E-state index contributed by atoms with van der Waals surface area (Å²) in [4.78, 5) is 1.35. The molecule has 0 aliphatic carbocycles. The lowest BCUT2D eigenvalue weighted by molar-refractivity contribution is 0.0565. The predicted octanol–water partition coefficient (Wildman–Crippen LogP) is 3.60. The first-order valence-corrected chi connectivity index (χ1v) is 8.68. The molecule has 0 amide bonds. The molecule has 23 heavy (non-hydrogen) atoms. The second kappa shape index (κ2) is 7.13. The van der Waals surface area contributed by atoms with Crippen molar-refractivity contribution < 1.29 is 5.11 Å². The van der Waals surface area contributed by atoms with Crippen LogP contribution in [-0.4, -0.2) is 16.2 Å². The van der Waals surface area contributed by atoms with E-state index < -0.39 is 5.60 Å². The van der Waals surface area contributed by atoms with E-state index in [-0.39, 0.29) is 0 Å². The molecule has 0 saturated heterocycles. The van der Waals surface area contributed by atoms with Crippen LogP contribution >= 0.6 is 11.3 Å². The third kappa shape index (κ3) is 4.10. The van der Waals surface area contributed by atoms with E-state index in [4.69, 9.17) is 0 Å². The third-order valence-electron chi connectivity index (χ3n) is 4.00. The molecule has 1 atom stereocenters. The van der Waals surface area contributed by atoms with Gasteiger partial charge in [-0.25, -0.2) is 0 Å². The summed E-state index contributed by atoms with van der Waals surface area (Å²) >= 11 is 1.77. The molecule has 3 aromatic rings. The van der Waals surface area contributed by atoms with Crippen LogP contribution in [-0.2, 0) is 18.7 Å². The van der Waals surface area contributed by atoms with Gasteiger partial charge in [0.05, 0.1) is 12.1 Å². The molecule has 3 rings (SSSR count). The van der Waals surface area contributed by atoms with Gasteiger partial charge in [0.1, 0.15) is 0 Å². The molecule has 0 aliphatic heterocycles. The molecule has 2 aromatic heterocycles. The molecule has 2 N–H and O–H groups in total. The molecule has 0 aliphatic rings. The molecule has 120 valence electrons. The van der Waals surface area contributed by atoms with E-state index in [1.165, 1.54) is 10.6 Å². The lowest BCUT2D eigenvalue weighted by Crippen LogP contribution is -2.35. The van der Waals surface area contributed by atoms with Gasteiger partial charge in [0.2, 0.25) is 0 Å². The fourth-order valence-corrected chi connectivity index (χ4v) is 3.37. The number of rotatable bonds is 7. The fraction of sp³-hybridized carbons (Fsp3) is 0.263. The molecule has 0 radical (unpaired) electrons. The van der Waals surface area contributed by atoms with Gasteiger partial charge >= 0.3 is 0 Å². The molecule has 0 bridgehead atoms. The van der Waals surface area contributed by atoms with Crippen molar-refractivity contribution in [1.29, 1.82) is 0 Å². The lowest BCUT2D eigenvalue weighted by atomic mass is 9.96. The summed E-state index contributed by atoms with van der Waals surface area (Å²) in [6.45, 7) is 4.00. The van der Waals surface area contributed by atoms with E-state index in [1.54, 1.807) is 11.3 Å². The van der Waals surface area contributed by atoms with Crippen LogP contribution in [0.15, 0.2) is 66.2 Å². The summed E-state index contributed by atoms with van der Waals surface area (Å²) in [7, 11) is 0. The number of thiophene rings is 1. The van der Waals surface area contributed by atoms with E-state index in [9.17, 15) is 5.11 Å². The largest absolute Gasteiger partial charge is 0.384 e. The van der Waals surface area contributed by atoms with Crippen LogP contribution in [0.1, 0.15) is 23.1 Å². The van der Waals surface area contributed by atoms with Gasteiger partial charge in [-0.2, -0.15) is 0 Å². The van der Waals surface area contributed by atoms with Gasteiger partial charge in [0.15, 0.2) is 0 Å². The maximum atomic E-state index is 10.6. The van der Waals surface area contributed by atoms with Crippen molar-refractivity contribution in [3.05, 3.63) is 82.3 Å². The van der Waals surface area contributed by atoms with Gasteiger partial charge in [-0.05, 0) is 36.1 Å². The first-order chi connectivity index (χ1) is 11.1. The maximum Gasteiger partial charge on any atom is 0.0992 e. The Bertz CT molecular complexity index is 717. The molecule has 0 spiro atoms. The number of benzene rings is 1. The van der Waals surface area contributed by atoms with E-state index in [0.29, 0.717) is 6.54 Å². The van der Waals surface area contributed by atoms with Crippen LogP contribution in [0.4, 0.5) is 0 Å². The molecule has 2 heterocycles. The smallest absolute Gasteiger partial charge is 0.0992 e. The summed E-state index contributed by atoms with van der Waals surface area (Å²) in [6.07, 6.45) is 2.10. The highest BCUT2D eigenvalue weighted by molar-refractivity contribution is 7.09. The standard InChI is InChI=1S/C19H22N2OS/c1-19(22,16-7-3-2-4-8-16)15-20-13-17-9-5-11-21(17)14-18-10-6-12-23-18/h2-12,20,22H,13-15H2,1H3. The molecule has 4 heteroatoms. The Balaban J connectivity index is 1.58. The normalized spacial score (nSPS) is 13.8. The monoisotopic (exact) mass is 326 g/mol. The Morgan fingerprint density at radius 3 is 2.65 bits per heavy atom. The average Bonchev–Trinajstić information content (AvgIpc) is 3.21.